The van der Waals surface area contributed by atoms with Crippen LogP contribution < -0.4 is 25.0 Å². The number of carbonyl (C=O) groups is 1. The van der Waals surface area contributed by atoms with E-state index in [0.29, 0.717) is 49.1 Å². The summed E-state index contributed by atoms with van der Waals surface area (Å²) in [7, 11) is 0. The van der Waals surface area contributed by atoms with Crippen molar-refractivity contribution in [3.8, 4) is 11.5 Å². The number of halogens is 3. The molecule has 3 aliphatic rings. The molecule has 0 unspecified atom stereocenters. The van der Waals surface area contributed by atoms with Gasteiger partial charge in [-0.2, -0.15) is 18.3 Å². The van der Waals surface area contributed by atoms with Crippen LogP contribution in [-0.4, -0.2) is 55.0 Å². The predicted octanol–water partition coefficient (Wildman–Crippen LogP) is 4.36. The third kappa shape index (κ3) is 4.52. The Balaban J connectivity index is 1.27. The average molecular weight is 515 g/mol. The molecule has 3 aliphatic heterocycles. The van der Waals surface area contributed by atoms with Crippen LogP contribution in [-0.2, 0) is 4.74 Å². The van der Waals surface area contributed by atoms with E-state index in [0.717, 1.165) is 10.4 Å². The maximum absolute atomic E-state index is 14.1. The Labute approximate surface area is 210 Å². The number of rotatable bonds is 4. The van der Waals surface area contributed by atoms with E-state index in [2.05, 4.69) is 20.6 Å². The van der Waals surface area contributed by atoms with Crippen LogP contribution in [0.1, 0.15) is 34.6 Å². The molecule has 37 heavy (non-hydrogen) atoms. The minimum atomic E-state index is -4.56. The van der Waals surface area contributed by atoms with Crippen molar-refractivity contribution >= 4 is 23.1 Å². The fourth-order valence-electron chi connectivity index (χ4n) is 4.88. The molecule has 0 saturated carbocycles. The quantitative estimate of drug-likeness (QED) is 0.534. The van der Waals surface area contributed by atoms with Gasteiger partial charge < -0.3 is 29.7 Å². The second-order valence-electron chi connectivity index (χ2n) is 9.03. The predicted molar refractivity (Wildman–Crippen MR) is 128 cm³/mol. The summed E-state index contributed by atoms with van der Waals surface area (Å²) in [5, 5.41) is 10.00. The topological polar surface area (TPSA) is 89.9 Å². The lowest BCUT2D eigenvalue weighted by molar-refractivity contribution is -0.173. The molecule has 0 bridgehead atoms. The summed E-state index contributed by atoms with van der Waals surface area (Å²) in [6.45, 7) is 2.56. The SMILES string of the molecule is O=C(Nc1ccccc1N1CCOCC1)c1cc2n(n1)[C@@H](C(F)(F)F)C[C@H](c1ccc3c(c1)OCO3)N2. The van der Waals surface area contributed by atoms with E-state index in [9.17, 15) is 18.0 Å². The number of aromatic nitrogens is 2. The van der Waals surface area contributed by atoms with Gasteiger partial charge in [0.15, 0.2) is 23.2 Å². The summed E-state index contributed by atoms with van der Waals surface area (Å²) in [5.74, 6) is 0.557. The zero-order valence-electron chi connectivity index (χ0n) is 19.6. The molecule has 2 N–H and O–H groups in total. The fraction of sp³-hybridized carbons (Fsp3) is 0.360. The Morgan fingerprint density at radius 2 is 1.84 bits per heavy atom. The number of nitrogens with zero attached hydrogens (tertiary/aromatic N) is 3. The first-order valence-corrected chi connectivity index (χ1v) is 11.9. The number of carbonyl (C=O) groups excluding carboxylic acids is 1. The average Bonchev–Trinajstić information content (AvgIpc) is 3.55. The van der Waals surface area contributed by atoms with Gasteiger partial charge >= 0.3 is 6.18 Å². The molecule has 1 aromatic heterocycles. The maximum atomic E-state index is 14.1. The van der Waals surface area contributed by atoms with Gasteiger partial charge in [-0.1, -0.05) is 18.2 Å². The molecule has 1 fully saturated rings. The molecule has 0 aliphatic carbocycles. The number of hydrogen-bond donors (Lipinski definition) is 2. The molecule has 4 heterocycles. The van der Waals surface area contributed by atoms with Crippen LogP contribution in [0.5, 0.6) is 11.5 Å². The fourth-order valence-corrected chi connectivity index (χ4v) is 4.88. The number of ether oxygens (including phenoxy) is 3. The van der Waals surface area contributed by atoms with Gasteiger partial charge in [0.1, 0.15) is 5.82 Å². The Kier molecular flexibility index (Phi) is 5.82. The lowest BCUT2D eigenvalue weighted by Crippen LogP contribution is -2.36. The normalized spacial score (nSPS) is 20.8. The van der Waals surface area contributed by atoms with Crippen molar-refractivity contribution in [1.82, 2.24) is 9.78 Å². The summed E-state index contributed by atoms with van der Waals surface area (Å²) in [4.78, 5) is 15.2. The zero-order chi connectivity index (χ0) is 25.6. The van der Waals surface area contributed by atoms with Crippen LogP contribution in [0.4, 0.5) is 30.4 Å². The Morgan fingerprint density at radius 3 is 2.65 bits per heavy atom. The first-order chi connectivity index (χ1) is 17.9. The minimum Gasteiger partial charge on any atom is -0.454 e. The molecule has 1 saturated heterocycles. The molecule has 2 aromatic carbocycles. The monoisotopic (exact) mass is 515 g/mol. The van der Waals surface area contributed by atoms with Gasteiger partial charge in [-0.05, 0) is 29.8 Å². The summed E-state index contributed by atoms with van der Waals surface area (Å²) >= 11 is 0. The van der Waals surface area contributed by atoms with Crippen LogP contribution in [0.2, 0.25) is 0 Å². The number of alkyl halides is 3. The van der Waals surface area contributed by atoms with Crippen LogP contribution in [0.25, 0.3) is 0 Å². The highest BCUT2D eigenvalue weighted by atomic mass is 19.4. The molecule has 6 rings (SSSR count). The van der Waals surface area contributed by atoms with Crippen molar-refractivity contribution in [2.45, 2.75) is 24.7 Å². The number of hydrogen-bond acceptors (Lipinski definition) is 7. The number of fused-ring (bicyclic) bond motifs is 2. The summed E-state index contributed by atoms with van der Waals surface area (Å²) in [6.07, 6.45) is -4.85. The maximum Gasteiger partial charge on any atom is 0.410 e. The third-order valence-electron chi connectivity index (χ3n) is 6.73. The van der Waals surface area contributed by atoms with Crippen LogP contribution in [0.15, 0.2) is 48.5 Å². The molecule has 2 atom stereocenters. The van der Waals surface area contributed by atoms with Crippen LogP contribution in [0.3, 0.4) is 0 Å². The molecule has 0 radical (unpaired) electrons. The van der Waals surface area contributed by atoms with E-state index in [1.807, 2.05) is 12.1 Å². The third-order valence-corrected chi connectivity index (χ3v) is 6.73. The van der Waals surface area contributed by atoms with Crippen LogP contribution in [0, 0.1) is 0 Å². The first kappa shape index (κ1) is 23.5. The molecule has 1 amide bonds. The second-order valence-corrected chi connectivity index (χ2v) is 9.03. The van der Waals surface area contributed by atoms with Gasteiger partial charge in [-0.3, -0.25) is 4.79 Å². The molecular weight excluding hydrogens is 491 g/mol. The molecule has 194 valence electrons. The first-order valence-electron chi connectivity index (χ1n) is 11.9. The van der Waals surface area contributed by atoms with Gasteiger partial charge in [0.05, 0.1) is 30.6 Å². The second kappa shape index (κ2) is 9.18. The number of anilines is 3. The highest BCUT2D eigenvalue weighted by Crippen LogP contribution is 2.45. The minimum absolute atomic E-state index is 0.0714. The Hall–Kier alpha value is -3.93. The van der Waals surface area contributed by atoms with Crippen molar-refractivity contribution in [2.24, 2.45) is 0 Å². The summed E-state index contributed by atoms with van der Waals surface area (Å²) < 4.78 is 59.2. The smallest absolute Gasteiger partial charge is 0.410 e. The van der Waals surface area contributed by atoms with Crippen molar-refractivity contribution in [2.75, 3.05) is 48.6 Å². The van der Waals surface area contributed by atoms with Gasteiger partial charge in [-0.25, -0.2) is 4.68 Å². The molecule has 3 aromatic rings. The van der Waals surface area contributed by atoms with Crippen LogP contribution >= 0.6 is 0 Å². The van der Waals surface area contributed by atoms with Crippen molar-refractivity contribution < 1.29 is 32.2 Å². The van der Waals surface area contributed by atoms with Crippen molar-refractivity contribution in [1.29, 1.82) is 0 Å². The Bertz CT molecular complexity index is 1320. The van der Waals surface area contributed by atoms with E-state index >= 15 is 0 Å². The van der Waals surface area contributed by atoms with E-state index < -0.39 is 24.2 Å². The lowest BCUT2D eigenvalue weighted by atomic mass is 9.96. The lowest BCUT2D eigenvalue weighted by Gasteiger charge is -2.33. The molecule has 0 spiro atoms. The van der Waals surface area contributed by atoms with Gasteiger partial charge in [0.2, 0.25) is 6.79 Å². The standard InChI is InChI=1S/C25H24F3N5O4/c26-25(27,28)22-12-17(15-5-6-20-21(11-15)37-14-36-20)29-23-13-18(31-33(22)23)24(34)30-16-3-1-2-4-19(16)32-7-9-35-10-8-32/h1-6,11,13,17,22,29H,7-10,12,14H2,(H,30,34)/t17-,22-/m1/s1. The number of benzene rings is 2. The summed E-state index contributed by atoms with van der Waals surface area (Å²) in [5.41, 5.74) is 1.88. The molecule has 9 nitrogen and oxygen atoms in total. The van der Waals surface area contributed by atoms with Crippen molar-refractivity contribution in [3.05, 3.63) is 59.8 Å². The summed E-state index contributed by atoms with van der Waals surface area (Å²) in [6, 6.07) is 11.1. The van der Waals surface area contributed by atoms with E-state index in [1.165, 1.54) is 6.07 Å². The van der Waals surface area contributed by atoms with Crippen molar-refractivity contribution in [3.63, 3.8) is 0 Å². The zero-order valence-corrected chi connectivity index (χ0v) is 19.6. The highest BCUT2D eigenvalue weighted by Gasteiger charge is 2.47. The highest BCUT2D eigenvalue weighted by molar-refractivity contribution is 6.05. The van der Waals surface area contributed by atoms with Gasteiger partial charge in [0.25, 0.3) is 5.91 Å². The van der Waals surface area contributed by atoms with E-state index in [4.69, 9.17) is 14.2 Å². The number of amides is 1. The number of para-hydroxylation sites is 2. The molecule has 12 heteroatoms. The van der Waals surface area contributed by atoms with E-state index in [1.54, 1.807) is 30.3 Å². The number of morpholine rings is 1. The van der Waals surface area contributed by atoms with Gasteiger partial charge in [0, 0.05) is 25.6 Å². The Morgan fingerprint density at radius 1 is 1.05 bits per heavy atom. The van der Waals surface area contributed by atoms with E-state index in [-0.39, 0.29) is 24.7 Å². The molecular formula is C25H24F3N5O4. The van der Waals surface area contributed by atoms with Gasteiger partial charge in [-0.15, -0.1) is 0 Å². The largest absolute Gasteiger partial charge is 0.454 e. The number of nitrogens with one attached hydrogen (secondary N) is 2.